The first-order valence-corrected chi connectivity index (χ1v) is 16.0. The van der Waals surface area contributed by atoms with Gasteiger partial charge in [0.1, 0.15) is 0 Å². The van der Waals surface area contributed by atoms with Crippen molar-refractivity contribution < 1.29 is 30.7 Å². The average molecular weight is 648 g/mol. The summed E-state index contributed by atoms with van der Waals surface area (Å²) in [7, 11) is 1.75. The number of allylic oxidation sites excluding steroid dienone is 3. The van der Waals surface area contributed by atoms with E-state index in [0.717, 1.165) is 84.2 Å². The Bertz CT molecular complexity index is 957. The van der Waals surface area contributed by atoms with Crippen molar-refractivity contribution in [2.24, 2.45) is 5.92 Å². The van der Waals surface area contributed by atoms with Crippen molar-refractivity contribution in [2.75, 3.05) is 38.8 Å². The number of nitrogens with one attached hydrogen (secondary N) is 3. The molecule has 3 heterocycles. The van der Waals surface area contributed by atoms with Crippen LogP contribution in [0.3, 0.4) is 0 Å². The van der Waals surface area contributed by atoms with Gasteiger partial charge < -0.3 is 4.74 Å². The summed E-state index contributed by atoms with van der Waals surface area (Å²) in [5, 5.41) is 12.3. The molecule has 6 nitrogen and oxygen atoms in total. The normalized spacial score (nSPS) is 26.0. The predicted octanol–water partition coefficient (Wildman–Crippen LogP) is 2.51. The second kappa shape index (κ2) is 14.4. The van der Waals surface area contributed by atoms with Gasteiger partial charge >= 0.3 is 225 Å². The van der Waals surface area contributed by atoms with E-state index in [0.29, 0.717) is 29.1 Å². The molecule has 0 radical (unpaired) electrons. The Kier molecular flexibility index (Phi) is 11.2. The molecule has 1 aliphatic carbocycles. The number of hydrogen-bond acceptors (Lipinski definition) is 6. The summed E-state index contributed by atoms with van der Waals surface area (Å²) in [6.07, 6.45) is 12.7. The molecule has 0 unspecified atom stereocenters. The molecule has 1 saturated carbocycles. The maximum absolute atomic E-state index is 6.76. The van der Waals surface area contributed by atoms with Crippen LogP contribution >= 0.6 is 23.2 Å². The van der Waals surface area contributed by atoms with Gasteiger partial charge in [-0.15, -0.1) is 0 Å². The molecule has 2 aliphatic heterocycles. The van der Waals surface area contributed by atoms with Crippen molar-refractivity contribution in [1.82, 2.24) is 15.6 Å². The fourth-order valence-electron chi connectivity index (χ4n) is 4.95. The molecular weight excluding hydrogens is 610 g/mol. The van der Waals surface area contributed by atoms with Crippen LogP contribution in [0.1, 0.15) is 51.0 Å². The van der Waals surface area contributed by atoms with Crippen molar-refractivity contribution in [3.05, 3.63) is 49.8 Å². The van der Waals surface area contributed by atoms with E-state index in [2.05, 4.69) is 44.1 Å². The van der Waals surface area contributed by atoms with Gasteiger partial charge in [0.15, 0.2) is 0 Å². The third kappa shape index (κ3) is 8.33. The molecule has 0 bridgehead atoms. The fourth-order valence-corrected chi connectivity index (χ4v) is 8.09. The number of nitrogens with zero attached hydrogens (tertiary/aromatic N) is 1. The summed E-state index contributed by atoms with van der Waals surface area (Å²) in [6, 6.07) is 3.42. The summed E-state index contributed by atoms with van der Waals surface area (Å²) in [4.78, 5) is 4.58. The second-order valence-corrected chi connectivity index (χ2v) is 13.0. The molecule has 200 valence electrons. The molecule has 0 amide bonds. The number of halogens is 3. The number of pyridine rings is 1. The summed E-state index contributed by atoms with van der Waals surface area (Å²) in [5.74, 6) is 1.44. The van der Waals surface area contributed by atoms with E-state index in [1.807, 2.05) is 6.08 Å². The van der Waals surface area contributed by atoms with E-state index in [-0.39, 0.29) is 0 Å². The molecule has 4 rings (SSSR count). The first-order chi connectivity index (χ1) is 17.5. The van der Waals surface area contributed by atoms with Crippen LogP contribution in [0, 0.1) is 5.92 Å². The van der Waals surface area contributed by atoms with Crippen molar-refractivity contribution in [3.8, 4) is 0 Å². The molecule has 1 saturated heterocycles. The Morgan fingerprint density at radius 1 is 1.17 bits per heavy atom. The molecule has 3 aliphatic rings. The molecule has 9 heteroatoms. The van der Waals surface area contributed by atoms with Crippen LogP contribution in [-0.2, 0) is 9.47 Å². The van der Waals surface area contributed by atoms with E-state index in [9.17, 15) is 0 Å². The van der Waals surface area contributed by atoms with Gasteiger partial charge in [0, 0.05) is 7.11 Å². The number of anilines is 1. The minimum absolute atomic E-state index is 0.381. The zero-order valence-corrected chi connectivity index (χ0v) is 24.8. The van der Waals surface area contributed by atoms with E-state index < -0.39 is 21.2 Å². The molecule has 36 heavy (non-hydrogen) atoms. The molecular formula is C27H38Cl2IN4O2-. The Hall–Kier alpha value is -0.840. The standard InChI is InChI=1S/C27H38Cl2IN4O2/c1-18(16-35-2)33-20-5-7-21(8-6-20)34-26-12-23(25(29)15-32-26)27-24(28)10-9-22(13-30-27)31-14-19-4-3-11-36-17-19/h9-10,12-13,15,18-21,31,33H,3-8,11,14,16-17H2,1-2H3,(H,32,34)/q-1/t18-,19-,20?,21?/m1/s1. The minimum atomic E-state index is -0.467. The van der Waals surface area contributed by atoms with E-state index in [1.54, 1.807) is 13.3 Å². The van der Waals surface area contributed by atoms with Crippen LogP contribution in [0.4, 0.5) is 5.82 Å². The topological polar surface area (TPSA) is 67.4 Å². The van der Waals surface area contributed by atoms with E-state index in [1.165, 1.54) is 6.42 Å². The monoisotopic (exact) mass is 647 g/mol. The zero-order valence-electron chi connectivity index (χ0n) is 21.2. The third-order valence-electron chi connectivity index (χ3n) is 6.86. The van der Waals surface area contributed by atoms with Gasteiger partial charge in [0.25, 0.3) is 0 Å². The summed E-state index contributed by atoms with van der Waals surface area (Å²) >= 11 is 12.9. The molecule has 3 N–H and O–H groups in total. The van der Waals surface area contributed by atoms with E-state index in [4.69, 9.17) is 32.7 Å². The molecule has 2 fully saturated rings. The van der Waals surface area contributed by atoms with Gasteiger partial charge in [0.2, 0.25) is 0 Å². The van der Waals surface area contributed by atoms with Gasteiger partial charge in [-0.3, -0.25) is 0 Å². The first kappa shape index (κ1) is 28.2. The number of rotatable bonds is 10. The summed E-state index contributed by atoms with van der Waals surface area (Å²) in [5.41, 5.74) is 2.12. The van der Waals surface area contributed by atoms with Gasteiger partial charge in [-0.05, 0) is 0 Å². The summed E-state index contributed by atoms with van der Waals surface area (Å²) in [6.45, 7) is 5.59. The Balaban J connectivity index is 1.34. The SMILES string of the molecule is COC[C@@H](C)NC1CCC(Nc2cc(C3=C(Cl)C=CC(NC[C@H]4CCCOC4)=C[I-]3)c(Cl)cn2)CC1. The Morgan fingerprint density at radius 2 is 1.97 bits per heavy atom. The van der Waals surface area contributed by atoms with Crippen LogP contribution in [0.25, 0.3) is 3.58 Å². The molecule has 0 aromatic carbocycles. The number of methoxy groups -OCH3 is 1. The van der Waals surface area contributed by atoms with Crippen LogP contribution in [0.5, 0.6) is 0 Å². The predicted molar refractivity (Wildman–Crippen MR) is 145 cm³/mol. The molecule has 0 spiro atoms. The number of hydrogen-bond donors (Lipinski definition) is 3. The zero-order chi connectivity index (χ0) is 25.3. The average Bonchev–Trinajstić information content (AvgIpc) is 3.07. The van der Waals surface area contributed by atoms with Crippen LogP contribution < -0.4 is 37.2 Å². The molecule has 1 aromatic rings. The second-order valence-electron chi connectivity index (χ2n) is 9.90. The number of aromatic nitrogens is 1. The van der Waals surface area contributed by atoms with Gasteiger partial charge in [0.05, 0.1) is 0 Å². The van der Waals surface area contributed by atoms with Crippen LogP contribution in [0.15, 0.2) is 39.2 Å². The molecule has 2 atom stereocenters. The van der Waals surface area contributed by atoms with Crippen LogP contribution in [0.2, 0.25) is 5.02 Å². The fraction of sp³-hybridized carbons (Fsp3) is 0.593. The van der Waals surface area contributed by atoms with Gasteiger partial charge in [-0.25, -0.2) is 0 Å². The van der Waals surface area contributed by atoms with Crippen molar-refractivity contribution in [3.63, 3.8) is 0 Å². The Morgan fingerprint density at radius 3 is 2.72 bits per heavy atom. The van der Waals surface area contributed by atoms with Crippen molar-refractivity contribution in [1.29, 1.82) is 0 Å². The number of ether oxygens (including phenoxy) is 2. The van der Waals surface area contributed by atoms with Gasteiger partial charge in [-0.2, -0.15) is 0 Å². The molecule has 1 aromatic heterocycles. The third-order valence-corrected chi connectivity index (χ3v) is 10.6. The maximum atomic E-state index is 6.76. The Labute approximate surface area is 235 Å². The summed E-state index contributed by atoms with van der Waals surface area (Å²) < 4.78 is 14.3. The quantitative estimate of drug-likeness (QED) is 0.340. The van der Waals surface area contributed by atoms with Crippen molar-refractivity contribution >= 4 is 32.6 Å². The van der Waals surface area contributed by atoms with Crippen molar-refractivity contribution in [2.45, 2.75) is 63.6 Å². The van der Waals surface area contributed by atoms with E-state index >= 15 is 0 Å². The van der Waals surface area contributed by atoms with Crippen LogP contribution in [-0.4, -0.2) is 56.6 Å². The first-order valence-electron chi connectivity index (χ1n) is 12.9. The van der Waals surface area contributed by atoms with Gasteiger partial charge in [-0.1, -0.05) is 0 Å².